The van der Waals surface area contributed by atoms with E-state index in [4.69, 9.17) is 4.52 Å². The van der Waals surface area contributed by atoms with E-state index in [-0.39, 0.29) is 5.56 Å². The second-order valence-electron chi connectivity index (χ2n) is 5.41. The quantitative estimate of drug-likeness (QED) is 0.596. The summed E-state index contributed by atoms with van der Waals surface area (Å²) in [5.41, 5.74) is 1.30. The van der Waals surface area contributed by atoms with E-state index in [9.17, 15) is 9.59 Å². The van der Waals surface area contributed by atoms with Crippen molar-refractivity contribution in [1.29, 1.82) is 0 Å². The second-order valence-corrected chi connectivity index (χ2v) is 6.36. The number of nitrogens with zero attached hydrogens (tertiary/aromatic N) is 2. The highest BCUT2D eigenvalue weighted by Crippen LogP contribution is 2.29. The van der Waals surface area contributed by atoms with Gasteiger partial charge in [0.25, 0.3) is 5.56 Å². The zero-order valence-electron chi connectivity index (χ0n) is 12.8. The van der Waals surface area contributed by atoms with Gasteiger partial charge in [-0.1, -0.05) is 18.1 Å². The van der Waals surface area contributed by atoms with Crippen molar-refractivity contribution < 1.29 is 4.52 Å². The van der Waals surface area contributed by atoms with E-state index < -0.39 is 5.69 Å². The van der Waals surface area contributed by atoms with Crippen LogP contribution in [-0.4, -0.2) is 19.7 Å². The van der Waals surface area contributed by atoms with Crippen LogP contribution in [-0.2, 0) is 6.54 Å². The molecule has 0 aliphatic carbocycles. The van der Waals surface area contributed by atoms with Gasteiger partial charge in [0.15, 0.2) is 5.76 Å². The molecule has 7 nitrogen and oxygen atoms in total. The minimum atomic E-state index is -0.403. The summed E-state index contributed by atoms with van der Waals surface area (Å²) >= 11 is 1.56. The number of hydrogen-bond donors (Lipinski definition) is 2. The minimum absolute atomic E-state index is 0.330. The highest BCUT2D eigenvalue weighted by atomic mass is 32.1. The Hall–Kier alpha value is -2.87. The fourth-order valence-electron chi connectivity index (χ4n) is 2.63. The Morgan fingerprint density at radius 3 is 2.92 bits per heavy atom. The van der Waals surface area contributed by atoms with Crippen molar-refractivity contribution in [3.8, 4) is 22.0 Å². The molecule has 4 aromatic rings. The fraction of sp³-hybridized carbons (Fsp3) is 0.188. The van der Waals surface area contributed by atoms with Crippen molar-refractivity contribution in [2.24, 2.45) is 0 Å². The van der Waals surface area contributed by atoms with Crippen LogP contribution < -0.4 is 11.2 Å². The van der Waals surface area contributed by atoms with Crippen molar-refractivity contribution in [2.75, 3.05) is 0 Å². The summed E-state index contributed by atoms with van der Waals surface area (Å²) < 4.78 is 6.56. The molecule has 4 rings (SSSR count). The largest absolute Gasteiger partial charge is 0.355 e. The predicted octanol–water partition coefficient (Wildman–Crippen LogP) is 2.81. The van der Waals surface area contributed by atoms with Gasteiger partial charge in [0.2, 0.25) is 0 Å². The summed E-state index contributed by atoms with van der Waals surface area (Å²) in [4.78, 5) is 31.2. The Bertz CT molecular complexity index is 1110. The van der Waals surface area contributed by atoms with Crippen LogP contribution in [0.1, 0.15) is 13.3 Å². The summed E-state index contributed by atoms with van der Waals surface area (Å²) in [7, 11) is 0. The molecule has 0 aromatic carbocycles. The summed E-state index contributed by atoms with van der Waals surface area (Å²) in [5, 5.41) is 6.01. The van der Waals surface area contributed by atoms with E-state index in [2.05, 4.69) is 15.1 Å². The van der Waals surface area contributed by atoms with Crippen LogP contribution in [0.2, 0.25) is 0 Å². The van der Waals surface area contributed by atoms with Gasteiger partial charge >= 0.3 is 5.69 Å². The summed E-state index contributed by atoms with van der Waals surface area (Å²) in [5.74, 6) is 0.663. The molecular formula is C16H14N4O3S. The van der Waals surface area contributed by atoms with Crippen molar-refractivity contribution in [3.63, 3.8) is 0 Å². The van der Waals surface area contributed by atoms with Gasteiger partial charge in [-0.2, -0.15) is 0 Å². The Labute approximate surface area is 139 Å². The Kier molecular flexibility index (Phi) is 3.46. The lowest BCUT2D eigenvalue weighted by atomic mass is 10.2. The first kappa shape index (κ1) is 14.7. The molecule has 8 heteroatoms. The zero-order chi connectivity index (χ0) is 16.7. The molecule has 4 aromatic heterocycles. The number of rotatable bonds is 4. The van der Waals surface area contributed by atoms with Crippen LogP contribution >= 0.6 is 11.3 Å². The molecule has 122 valence electrons. The molecule has 0 spiro atoms. The number of aromatic nitrogens is 4. The molecule has 0 unspecified atom stereocenters. The number of aromatic amines is 2. The normalized spacial score (nSPS) is 11.4. The molecule has 0 fully saturated rings. The lowest BCUT2D eigenvalue weighted by molar-refractivity contribution is 0.435. The standard InChI is InChI=1S/C16H14N4O3S/c1-2-5-20-15(21)14-11(18-16(20)22)7-9(17-14)10-8-12(23-19-10)13-4-3-6-24-13/h3-4,6-8,17H,2,5H2,1H3,(H,18,22). The van der Waals surface area contributed by atoms with Gasteiger partial charge in [0, 0.05) is 12.6 Å². The average molecular weight is 342 g/mol. The van der Waals surface area contributed by atoms with Gasteiger partial charge in [0.05, 0.1) is 16.1 Å². The van der Waals surface area contributed by atoms with Crippen molar-refractivity contribution >= 4 is 22.4 Å². The van der Waals surface area contributed by atoms with Crippen molar-refractivity contribution in [2.45, 2.75) is 19.9 Å². The van der Waals surface area contributed by atoms with Crippen LogP contribution in [0.15, 0.2) is 43.8 Å². The minimum Gasteiger partial charge on any atom is -0.355 e. The third-order valence-corrected chi connectivity index (χ3v) is 4.65. The van der Waals surface area contributed by atoms with E-state index in [0.29, 0.717) is 41.1 Å². The van der Waals surface area contributed by atoms with E-state index in [1.807, 2.05) is 24.4 Å². The molecule has 4 heterocycles. The molecule has 0 aliphatic heterocycles. The van der Waals surface area contributed by atoms with E-state index in [1.165, 1.54) is 4.57 Å². The van der Waals surface area contributed by atoms with Gasteiger partial charge in [-0.05, 0) is 23.9 Å². The van der Waals surface area contributed by atoms with Crippen LogP contribution in [0, 0.1) is 0 Å². The number of H-pyrrole nitrogens is 2. The van der Waals surface area contributed by atoms with Gasteiger partial charge in [-0.3, -0.25) is 9.36 Å². The van der Waals surface area contributed by atoms with Crippen LogP contribution in [0.3, 0.4) is 0 Å². The zero-order valence-corrected chi connectivity index (χ0v) is 13.6. The van der Waals surface area contributed by atoms with Crippen molar-refractivity contribution in [1.82, 2.24) is 19.7 Å². The third kappa shape index (κ3) is 2.31. The molecule has 0 aliphatic rings. The average Bonchev–Trinajstić information content (AvgIpc) is 3.29. The topological polar surface area (TPSA) is 96.7 Å². The molecule has 0 saturated heterocycles. The first-order valence-electron chi connectivity index (χ1n) is 7.54. The summed E-state index contributed by atoms with van der Waals surface area (Å²) in [6.07, 6.45) is 0.704. The highest BCUT2D eigenvalue weighted by Gasteiger charge is 2.15. The number of hydrogen-bond acceptors (Lipinski definition) is 5. The summed E-state index contributed by atoms with van der Waals surface area (Å²) in [6.45, 7) is 2.29. The van der Waals surface area contributed by atoms with E-state index in [0.717, 1.165) is 4.88 Å². The maximum absolute atomic E-state index is 12.4. The maximum atomic E-state index is 12.4. The van der Waals surface area contributed by atoms with Gasteiger partial charge < -0.3 is 14.5 Å². The van der Waals surface area contributed by atoms with Crippen LogP contribution in [0.4, 0.5) is 0 Å². The van der Waals surface area contributed by atoms with Gasteiger partial charge in [-0.15, -0.1) is 11.3 Å². The monoisotopic (exact) mass is 342 g/mol. The number of thiophene rings is 1. The smallest absolute Gasteiger partial charge is 0.328 e. The Balaban J connectivity index is 1.82. The molecule has 0 radical (unpaired) electrons. The third-order valence-electron chi connectivity index (χ3n) is 3.76. The molecule has 24 heavy (non-hydrogen) atoms. The number of fused-ring (bicyclic) bond motifs is 1. The Morgan fingerprint density at radius 2 is 2.17 bits per heavy atom. The first-order valence-corrected chi connectivity index (χ1v) is 8.42. The molecule has 0 bridgehead atoms. The van der Waals surface area contributed by atoms with Gasteiger partial charge in [-0.25, -0.2) is 4.79 Å². The molecular weight excluding hydrogens is 328 g/mol. The molecule has 0 amide bonds. The van der Waals surface area contributed by atoms with E-state index >= 15 is 0 Å². The maximum Gasteiger partial charge on any atom is 0.328 e. The molecule has 2 N–H and O–H groups in total. The predicted molar refractivity (Wildman–Crippen MR) is 92.3 cm³/mol. The lowest BCUT2D eigenvalue weighted by Crippen LogP contribution is -2.34. The Morgan fingerprint density at radius 1 is 1.29 bits per heavy atom. The number of nitrogens with one attached hydrogen (secondary N) is 2. The van der Waals surface area contributed by atoms with Crippen LogP contribution in [0.25, 0.3) is 33.1 Å². The first-order chi connectivity index (χ1) is 11.7. The van der Waals surface area contributed by atoms with E-state index in [1.54, 1.807) is 23.5 Å². The SMILES string of the molecule is CCCn1c(=O)[nH]c2cc(-c3cc(-c4cccs4)on3)[nH]c2c1=O. The molecule has 0 atom stereocenters. The highest BCUT2D eigenvalue weighted by molar-refractivity contribution is 7.13. The van der Waals surface area contributed by atoms with Gasteiger partial charge in [0.1, 0.15) is 11.2 Å². The molecule has 0 saturated carbocycles. The summed E-state index contributed by atoms with van der Waals surface area (Å²) in [6, 6.07) is 7.39. The van der Waals surface area contributed by atoms with Crippen molar-refractivity contribution in [3.05, 3.63) is 50.5 Å². The van der Waals surface area contributed by atoms with Crippen LogP contribution in [0.5, 0.6) is 0 Å². The second kappa shape index (κ2) is 5.64. The fourth-order valence-corrected chi connectivity index (χ4v) is 3.31. The lowest BCUT2D eigenvalue weighted by Gasteiger charge is -2.01.